The lowest BCUT2D eigenvalue weighted by molar-refractivity contribution is 0.438. The second kappa shape index (κ2) is 3.75. The van der Waals surface area contributed by atoms with Crippen molar-refractivity contribution in [3.8, 4) is 0 Å². The highest BCUT2D eigenvalue weighted by Crippen LogP contribution is 2.23. The average Bonchev–Trinajstić information content (AvgIpc) is 2.15. The van der Waals surface area contributed by atoms with Crippen molar-refractivity contribution < 1.29 is 0 Å². The molecule has 0 fully saturated rings. The molecule has 0 aliphatic carbocycles. The largest absolute Gasteiger partial charge is 0.368 e. The smallest absolute Gasteiger partial charge is 0.225 e. The van der Waals surface area contributed by atoms with Crippen LogP contribution < -0.4 is 17.2 Å². The normalized spacial score (nSPS) is 15.1. The molecule has 0 saturated carbocycles. The van der Waals surface area contributed by atoms with Gasteiger partial charge in [0.15, 0.2) is 0 Å². The van der Waals surface area contributed by atoms with Crippen LogP contribution in [0.5, 0.6) is 0 Å². The molecule has 0 spiro atoms. The zero-order valence-corrected chi connectivity index (χ0v) is 8.49. The summed E-state index contributed by atoms with van der Waals surface area (Å²) in [5.41, 5.74) is 16.3. The van der Waals surface area contributed by atoms with E-state index in [0.717, 1.165) is 6.42 Å². The minimum absolute atomic E-state index is 0.139. The van der Waals surface area contributed by atoms with Crippen molar-refractivity contribution in [3.63, 3.8) is 0 Å². The number of hydrogen-bond donors (Lipinski definition) is 3. The zero-order valence-electron chi connectivity index (χ0n) is 8.49. The minimum atomic E-state index is -0.287. The van der Waals surface area contributed by atoms with Gasteiger partial charge in [0.2, 0.25) is 11.9 Å². The van der Waals surface area contributed by atoms with Crippen LogP contribution in [0.25, 0.3) is 0 Å². The first kappa shape index (κ1) is 10.6. The van der Waals surface area contributed by atoms with Gasteiger partial charge in [0.25, 0.3) is 0 Å². The van der Waals surface area contributed by atoms with Crippen molar-refractivity contribution in [1.82, 2.24) is 15.0 Å². The lowest BCUT2D eigenvalue weighted by Crippen LogP contribution is -2.33. The van der Waals surface area contributed by atoms with E-state index in [1.807, 2.05) is 13.8 Å². The fourth-order valence-electron chi connectivity index (χ4n) is 1.07. The molecule has 14 heavy (non-hydrogen) atoms. The molecule has 1 heterocycles. The lowest BCUT2D eigenvalue weighted by atomic mass is 9.87. The van der Waals surface area contributed by atoms with E-state index in [1.165, 1.54) is 0 Å². The zero-order chi connectivity index (χ0) is 10.8. The first-order valence-corrected chi connectivity index (χ1v) is 4.49. The van der Waals surface area contributed by atoms with Crippen LogP contribution in [0.4, 0.5) is 11.9 Å². The molecule has 1 atom stereocenters. The number of anilines is 2. The second-order valence-corrected chi connectivity index (χ2v) is 3.49. The quantitative estimate of drug-likeness (QED) is 0.609. The number of nitrogen functional groups attached to an aromatic ring is 2. The minimum Gasteiger partial charge on any atom is -0.368 e. The molecule has 0 aromatic carbocycles. The Balaban J connectivity index is 3.17. The molecule has 0 amide bonds. The first-order valence-electron chi connectivity index (χ1n) is 4.49. The molecular formula is C8H16N6. The van der Waals surface area contributed by atoms with Crippen molar-refractivity contribution >= 4 is 11.9 Å². The first-order chi connectivity index (χ1) is 6.51. The third kappa shape index (κ3) is 1.90. The molecule has 1 aromatic rings. The number of nitrogens with two attached hydrogens (primary N) is 3. The molecule has 1 unspecified atom stereocenters. The predicted molar refractivity (Wildman–Crippen MR) is 55.3 cm³/mol. The Morgan fingerprint density at radius 3 is 2.00 bits per heavy atom. The van der Waals surface area contributed by atoms with Gasteiger partial charge in [-0.15, -0.1) is 0 Å². The molecular weight excluding hydrogens is 180 g/mol. The van der Waals surface area contributed by atoms with E-state index in [0.29, 0.717) is 12.4 Å². The van der Waals surface area contributed by atoms with Crippen molar-refractivity contribution in [1.29, 1.82) is 0 Å². The molecule has 0 bridgehead atoms. The van der Waals surface area contributed by atoms with Gasteiger partial charge < -0.3 is 17.2 Å². The van der Waals surface area contributed by atoms with Gasteiger partial charge in [-0.2, -0.15) is 15.0 Å². The average molecular weight is 196 g/mol. The molecule has 6 nitrogen and oxygen atoms in total. The van der Waals surface area contributed by atoms with E-state index in [-0.39, 0.29) is 17.3 Å². The molecule has 78 valence electrons. The van der Waals surface area contributed by atoms with Crippen LogP contribution in [0.1, 0.15) is 26.1 Å². The fraction of sp³-hybridized carbons (Fsp3) is 0.625. The third-order valence-corrected chi connectivity index (χ3v) is 2.44. The standard InChI is InChI=1S/C8H16N6/c1-3-8(2,4-9)5-12-6(10)14-7(11)13-5/h3-4,9H2,1-2H3,(H4,10,11,12,13,14). The Hall–Kier alpha value is -1.43. The van der Waals surface area contributed by atoms with Crippen LogP contribution in [0, 0.1) is 0 Å². The van der Waals surface area contributed by atoms with Gasteiger partial charge in [-0.25, -0.2) is 0 Å². The maximum Gasteiger partial charge on any atom is 0.225 e. The highest BCUT2D eigenvalue weighted by Gasteiger charge is 2.27. The van der Waals surface area contributed by atoms with Crippen LogP contribution in [0.3, 0.4) is 0 Å². The van der Waals surface area contributed by atoms with Gasteiger partial charge in [0.1, 0.15) is 5.82 Å². The third-order valence-electron chi connectivity index (χ3n) is 2.44. The summed E-state index contributed by atoms with van der Waals surface area (Å²) in [6, 6.07) is 0. The molecule has 1 aromatic heterocycles. The van der Waals surface area contributed by atoms with Crippen molar-refractivity contribution in [3.05, 3.63) is 5.82 Å². The summed E-state index contributed by atoms with van der Waals surface area (Å²) in [6.45, 7) is 4.44. The lowest BCUT2D eigenvalue weighted by Gasteiger charge is -2.24. The van der Waals surface area contributed by atoms with Gasteiger partial charge in [-0.05, 0) is 6.42 Å². The summed E-state index contributed by atoms with van der Waals surface area (Å²) in [5.74, 6) is 0.841. The predicted octanol–water partition coefficient (Wildman–Crippen LogP) is -0.338. The van der Waals surface area contributed by atoms with E-state index in [4.69, 9.17) is 17.2 Å². The fourth-order valence-corrected chi connectivity index (χ4v) is 1.07. The Kier molecular flexibility index (Phi) is 2.85. The molecule has 0 aliphatic heterocycles. The van der Waals surface area contributed by atoms with Gasteiger partial charge in [-0.3, -0.25) is 0 Å². The van der Waals surface area contributed by atoms with Crippen LogP contribution in [-0.4, -0.2) is 21.5 Å². The van der Waals surface area contributed by atoms with Crippen LogP contribution in [-0.2, 0) is 5.41 Å². The summed E-state index contributed by atoms with van der Waals surface area (Å²) in [7, 11) is 0. The van der Waals surface area contributed by atoms with E-state index in [2.05, 4.69) is 15.0 Å². The summed E-state index contributed by atoms with van der Waals surface area (Å²) < 4.78 is 0. The molecule has 0 radical (unpaired) electrons. The maximum atomic E-state index is 5.67. The maximum absolute atomic E-state index is 5.67. The SMILES string of the molecule is CCC(C)(CN)c1nc(N)nc(N)n1. The van der Waals surface area contributed by atoms with E-state index in [9.17, 15) is 0 Å². The Bertz CT molecular complexity index is 299. The van der Waals surface area contributed by atoms with Crippen LogP contribution in [0.15, 0.2) is 0 Å². The summed E-state index contributed by atoms with van der Waals surface area (Å²) in [6.07, 6.45) is 0.826. The Morgan fingerprint density at radius 2 is 1.64 bits per heavy atom. The van der Waals surface area contributed by atoms with Gasteiger partial charge >= 0.3 is 0 Å². The summed E-state index contributed by atoms with van der Waals surface area (Å²) in [5, 5.41) is 0. The molecule has 6 heteroatoms. The van der Waals surface area contributed by atoms with Gasteiger partial charge in [-0.1, -0.05) is 13.8 Å². The van der Waals surface area contributed by atoms with Crippen molar-refractivity contribution in [2.75, 3.05) is 18.0 Å². The molecule has 0 saturated heterocycles. The van der Waals surface area contributed by atoms with Crippen molar-refractivity contribution in [2.24, 2.45) is 5.73 Å². The number of hydrogen-bond acceptors (Lipinski definition) is 6. The number of aromatic nitrogens is 3. The monoisotopic (exact) mass is 196 g/mol. The van der Waals surface area contributed by atoms with Crippen molar-refractivity contribution in [2.45, 2.75) is 25.7 Å². The number of nitrogens with zero attached hydrogens (tertiary/aromatic N) is 3. The molecule has 6 N–H and O–H groups in total. The molecule has 0 aliphatic rings. The highest BCUT2D eigenvalue weighted by atomic mass is 15.1. The van der Waals surface area contributed by atoms with Crippen LogP contribution >= 0.6 is 0 Å². The Labute approximate surface area is 82.9 Å². The van der Waals surface area contributed by atoms with E-state index >= 15 is 0 Å². The topological polar surface area (TPSA) is 117 Å². The van der Waals surface area contributed by atoms with Gasteiger partial charge in [0.05, 0.1) is 0 Å². The van der Waals surface area contributed by atoms with Gasteiger partial charge in [0, 0.05) is 12.0 Å². The summed E-state index contributed by atoms with van der Waals surface area (Å²) >= 11 is 0. The Morgan fingerprint density at radius 1 is 1.14 bits per heavy atom. The highest BCUT2D eigenvalue weighted by molar-refractivity contribution is 5.28. The molecule has 1 rings (SSSR count). The number of rotatable bonds is 3. The summed E-state index contributed by atoms with van der Waals surface area (Å²) in [4.78, 5) is 11.8. The second-order valence-electron chi connectivity index (χ2n) is 3.49. The van der Waals surface area contributed by atoms with Crippen LogP contribution in [0.2, 0.25) is 0 Å². The van der Waals surface area contributed by atoms with E-state index in [1.54, 1.807) is 0 Å². The van der Waals surface area contributed by atoms with E-state index < -0.39 is 0 Å².